The number of carbonyl (C=O) groups excluding carboxylic acids is 2. The second-order valence-electron chi connectivity index (χ2n) is 6.58. The molecule has 0 saturated carbocycles. The summed E-state index contributed by atoms with van der Waals surface area (Å²) in [7, 11) is -1.55. The van der Waals surface area contributed by atoms with Crippen molar-refractivity contribution in [1.29, 1.82) is 0 Å². The molecular weight excluding hydrogens is 358 g/mol. The molecule has 0 spiro atoms. The molecule has 7 nitrogen and oxygen atoms in total. The van der Waals surface area contributed by atoms with Crippen LogP contribution < -0.4 is 4.72 Å². The van der Waals surface area contributed by atoms with Crippen molar-refractivity contribution in [1.82, 2.24) is 4.72 Å². The number of esters is 2. The monoisotopic (exact) mass is 385 g/mol. The molecule has 1 N–H and O–H groups in total. The normalized spacial score (nSPS) is 12.7. The molecule has 0 bridgehead atoms. The van der Waals surface area contributed by atoms with E-state index in [0.717, 1.165) is 12.8 Å². The maximum Gasteiger partial charge on any atom is 0.337 e. The van der Waals surface area contributed by atoms with E-state index in [1.807, 2.05) is 0 Å². The summed E-state index contributed by atoms with van der Waals surface area (Å²) in [4.78, 5) is 23.4. The van der Waals surface area contributed by atoms with Crippen LogP contribution >= 0.6 is 0 Å². The molecule has 8 heteroatoms. The van der Waals surface area contributed by atoms with Gasteiger partial charge in [0.15, 0.2) is 0 Å². The van der Waals surface area contributed by atoms with E-state index in [0.29, 0.717) is 12.3 Å². The summed E-state index contributed by atoms with van der Waals surface area (Å²) in [6.45, 7) is 6.01. The quantitative estimate of drug-likeness (QED) is 0.656. The van der Waals surface area contributed by atoms with Gasteiger partial charge in [0.05, 0.1) is 30.2 Å². The summed E-state index contributed by atoms with van der Waals surface area (Å²) in [6, 6.07) is 3.33. The molecule has 146 valence electrons. The van der Waals surface area contributed by atoms with Gasteiger partial charge in [-0.05, 0) is 37.5 Å². The number of nitrogens with one attached hydrogen (secondary N) is 1. The third kappa shape index (κ3) is 6.42. The molecule has 26 heavy (non-hydrogen) atoms. The fraction of sp³-hybridized carbons (Fsp3) is 0.556. The van der Waals surface area contributed by atoms with Crippen LogP contribution in [0.3, 0.4) is 0 Å². The molecule has 0 radical (unpaired) electrons. The largest absolute Gasteiger partial charge is 0.465 e. The molecule has 0 fully saturated rings. The van der Waals surface area contributed by atoms with Gasteiger partial charge in [-0.25, -0.2) is 22.7 Å². The Labute approximate surface area is 155 Å². The highest BCUT2D eigenvalue weighted by molar-refractivity contribution is 7.89. The molecule has 0 saturated heterocycles. The van der Waals surface area contributed by atoms with E-state index in [9.17, 15) is 18.0 Å². The van der Waals surface area contributed by atoms with Crippen molar-refractivity contribution in [3.63, 3.8) is 0 Å². The van der Waals surface area contributed by atoms with Gasteiger partial charge >= 0.3 is 11.9 Å². The first-order valence-corrected chi connectivity index (χ1v) is 9.93. The van der Waals surface area contributed by atoms with Crippen molar-refractivity contribution in [3.05, 3.63) is 29.3 Å². The van der Waals surface area contributed by atoms with E-state index in [-0.39, 0.29) is 22.1 Å². The van der Waals surface area contributed by atoms with Gasteiger partial charge in [0.2, 0.25) is 10.0 Å². The predicted octanol–water partition coefficient (Wildman–Crippen LogP) is 2.75. The third-order valence-corrected chi connectivity index (χ3v) is 5.40. The second kappa shape index (κ2) is 9.68. The highest BCUT2D eigenvalue weighted by Crippen LogP contribution is 2.18. The first-order valence-electron chi connectivity index (χ1n) is 8.44. The Balaban J connectivity index is 3.10. The molecular formula is C18H27NO6S. The van der Waals surface area contributed by atoms with E-state index >= 15 is 0 Å². The molecule has 1 aromatic rings. The SMILES string of the molecule is COC(=O)c1cc(C(=O)OC)cc(S(=O)(=O)N[C@@H](C)CCCC(C)C)c1. The maximum absolute atomic E-state index is 12.7. The zero-order chi connectivity index (χ0) is 19.9. The highest BCUT2D eigenvalue weighted by Gasteiger charge is 2.22. The molecule has 1 aromatic carbocycles. The van der Waals surface area contributed by atoms with Crippen LogP contribution in [0.5, 0.6) is 0 Å². The highest BCUT2D eigenvalue weighted by atomic mass is 32.2. The van der Waals surface area contributed by atoms with Crippen LogP contribution in [0.15, 0.2) is 23.1 Å². The number of carbonyl (C=O) groups is 2. The number of hydrogen-bond donors (Lipinski definition) is 1. The molecule has 0 unspecified atom stereocenters. The summed E-state index contributed by atoms with van der Waals surface area (Å²) in [5.74, 6) is -0.924. The van der Waals surface area contributed by atoms with Gasteiger partial charge in [-0.2, -0.15) is 0 Å². The summed E-state index contributed by atoms with van der Waals surface area (Å²) in [5.41, 5.74) is -0.0773. The topological polar surface area (TPSA) is 98.8 Å². The van der Waals surface area contributed by atoms with E-state index < -0.39 is 22.0 Å². The van der Waals surface area contributed by atoms with E-state index in [1.165, 1.54) is 32.4 Å². The van der Waals surface area contributed by atoms with E-state index in [4.69, 9.17) is 0 Å². The Morgan fingerprint density at radius 1 is 0.962 bits per heavy atom. The average molecular weight is 385 g/mol. The number of rotatable bonds is 9. The molecule has 0 aromatic heterocycles. The van der Waals surface area contributed by atoms with Crippen molar-refractivity contribution >= 4 is 22.0 Å². The fourth-order valence-electron chi connectivity index (χ4n) is 2.45. The summed E-state index contributed by atoms with van der Waals surface area (Å²) in [6.07, 6.45) is 2.60. The minimum Gasteiger partial charge on any atom is -0.465 e. The Bertz CT molecular complexity index is 708. The fourth-order valence-corrected chi connectivity index (χ4v) is 3.80. The Morgan fingerprint density at radius 3 is 1.88 bits per heavy atom. The molecule has 0 aliphatic carbocycles. The maximum atomic E-state index is 12.7. The van der Waals surface area contributed by atoms with Crippen LogP contribution in [0.4, 0.5) is 0 Å². The second-order valence-corrected chi connectivity index (χ2v) is 8.29. The predicted molar refractivity (Wildman–Crippen MR) is 97.6 cm³/mol. The van der Waals surface area contributed by atoms with Crippen molar-refractivity contribution in [3.8, 4) is 0 Å². The Hall–Kier alpha value is -1.93. The molecule has 0 amide bonds. The smallest absolute Gasteiger partial charge is 0.337 e. The summed E-state index contributed by atoms with van der Waals surface area (Å²) >= 11 is 0. The van der Waals surface area contributed by atoms with Crippen LogP contribution in [-0.2, 0) is 19.5 Å². The number of methoxy groups -OCH3 is 2. The number of hydrogen-bond acceptors (Lipinski definition) is 6. The zero-order valence-electron chi connectivity index (χ0n) is 15.9. The lowest BCUT2D eigenvalue weighted by Crippen LogP contribution is -2.33. The zero-order valence-corrected chi connectivity index (χ0v) is 16.7. The van der Waals surface area contributed by atoms with E-state index in [2.05, 4.69) is 28.0 Å². The average Bonchev–Trinajstić information content (AvgIpc) is 2.59. The van der Waals surface area contributed by atoms with Crippen LogP contribution in [0.25, 0.3) is 0 Å². The summed E-state index contributed by atoms with van der Waals surface area (Å²) < 4.78 is 37.1. The Kier molecular flexibility index (Phi) is 8.23. The first kappa shape index (κ1) is 22.1. The van der Waals surface area contributed by atoms with Crippen LogP contribution in [-0.4, -0.2) is 40.6 Å². The summed E-state index contributed by atoms with van der Waals surface area (Å²) in [5, 5.41) is 0. The van der Waals surface area contributed by atoms with Gasteiger partial charge in [0.1, 0.15) is 0 Å². The molecule has 0 heterocycles. The van der Waals surface area contributed by atoms with Gasteiger partial charge in [-0.1, -0.05) is 26.7 Å². The van der Waals surface area contributed by atoms with Crippen molar-refractivity contribution in [2.75, 3.05) is 14.2 Å². The molecule has 1 rings (SSSR count). The van der Waals surface area contributed by atoms with Gasteiger partial charge in [-0.3, -0.25) is 0 Å². The van der Waals surface area contributed by atoms with Crippen molar-refractivity contribution in [2.45, 2.75) is 51.0 Å². The van der Waals surface area contributed by atoms with Gasteiger partial charge in [-0.15, -0.1) is 0 Å². The van der Waals surface area contributed by atoms with Crippen molar-refractivity contribution < 1.29 is 27.5 Å². The number of benzene rings is 1. The minimum atomic E-state index is -3.90. The van der Waals surface area contributed by atoms with Gasteiger partial charge < -0.3 is 9.47 Å². The van der Waals surface area contributed by atoms with Gasteiger partial charge in [0, 0.05) is 6.04 Å². The number of ether oxygens (including phenoxy) is 2. The van der Waals surface area contributed by atoms with Gasteiger partial charge in [0.25, 0.3) is 0 Å². The van der Waals surface area contributed by atoms with Crippen LogP contribution in [0, 0.1) is 5.92 Å². The molecule has 0 aliphatic rings. The first-order chi connectivity index (χ1) is 12.1. The van der Waals surface area contributed by atoms with Crippen LogP contribution in [0.2, 0.25) is 0 Å². The van der Waals surface area contributed by atoms with Crippen molar-refractivity contribution in [2.24, 2.45) is 5.92 Å². The molecule has 0 aliphatic heterocycles. The number of sulfonamides is 1. The molecule has 1 atom stereocenters. The lowest BCUT2D eigenvalue weighted by molar-refractivity contribution is 0.0598. The third-order valence-electron chi connectivity index (χ3n) is 3.83. The Morgan fingerprint density at radius 2 is 1.46 bits per heavy atom. The lowest BCUT2D eigenvalue weighted by atomic mass is 10.0. The minimum absolute atomic E-state index is 0.0387. The van der Waals surface area contributed by atoms with Crippen LogP contribution in [0.1, 0.15) is 60.7 Å². The lowest BCUT2D eigenvalue weighted by Gasteiger charge is -2.16. The van der Waals surface area contributed by atoms with E-state index in [1.54, 1.807) is 6.92 Å². The standard InChI is InChI=1S/C18H27NO6S/c1-12(2)7-6-8-13(3)19-26(22,23)16-10-14(17(20)24-4)9-15(11-16)18(21)25-5/h9-13,19H,6-8H2,1-5H3/t13-/m0/s1.